The van der Waals surface area contributed by atoms with Crippen molar-refractivity contribution in [2.75, 3.05) is 9.80 Å². The standard InChI is InChI=1S/C112H79BN6O/c1-111(2,3)81-46-41-71(42-47-81)78-60-89(73-26-12-8-13-27-73)109(90(61-78)74-28-14-9-15-29-74)118-102-67-84(116-98-37-23-20-34-86(98)93-58-70(69-114)40-55-100(93)116)51-53-96(102)113-97-54-52-85(117-99-38-24-21-35-87(99)94-66-83(115-7)50-56-101(94)117)68-103(97)119(105-65-80(64-104(118)108(105)113)77-45-57-107-95(59-77)88-36-22-25-39-106(88)120-107)110-91(75-30-16-10-17-31-75)62-79(63-92(110)76-32-18-11-19-33-76)72-43-48-82(49-44-72)112(4,5)6/h8-68H,1-6H3/i20D,21D,23D,24D,34D,35D,37D,38D,40D,50D,51D,52D,53D,54D,55D,56D,58D,66D,67D,68D. The molecule has 0 N–H and O–H groups in total. The number of nitrogens with zero attached hydrogens (tertiary/aromatic N) is 6. The first-order valence-corrected chi connectivity index (χ1v) is 39.7. The molecule has 0 fully saturated rings. The van der Waals surface area contributed by atoms with E-state index in [4.69, 9.17) is 11.0 Å². The fourth-order valence-electron chi connectivity index (χ4n) is 17.6. The highest BCUT2D eigenvalue weighted by Crippen LogP contribution is 2.57. The third kappa shape index (κ3) is 11.6. The van der Waals surface area contributed by atoms with Crippen LogP contribution in [0.5, 0.6) is 0 Å². The fourth-order valence-corrected chi connectivity index (χ4v) is 17.6. The molecular formula is C112H79BN6O. The highest BCUT2D eigenvalue weighted by atomic mass is 16.3. The minimum atomic E-state index is -1.76. The second kappa shape index (κ2) is 27.7. The second-order valence-electron chi connectivity index (χ2n) is 32.5. The van der Waals surface area contributed by atoms with E-state index in [2.05, 4.69) is 119 Å². The van der Waals surface area contributed by atoms with E-state index < -0.39 is 188 Å². The molecule has 3 aromatic heterocycles. The van der Waals surface area contributed by atoms with Gasteiger partial charge in [-0.15, -0.1) is 0 Å². The van der Waals surface area contributed by atoms with E-state index in [1.807, 2.05) is 192 Å². The minimum Gasteiger partial charge on any atom is -0.456 e. The summed E-state index contributed by atoms with van der Waals surface area (Å²) in [5.74, 6) is 0. The highest BCUT2D eigenvalue weighted by Gasteiger charge is 2.46. The smallest absolute Gasteiger partial charge is 0.252 e. The zero-order valence-corrected chi connectivity index (χ0v) is 65.8. The Bertz CT molecular complexity index is 8390. The number of rotatable bonds is 11. The van der Waals surface area contributed by atoms with Crippen LogP contribution in [0.1, 0.15) is 85.6 Å². The Morgan fingerprint density at radius 3 is 1.22 bits per heavy atom. The summed E-state index contributed by atoms with van der Waals surface area (Å²) in [5, 5.41) is 10.8. The van der Waals surface area contributed by atoms with Crippen molar-refractivity contribution in [1.82, 2.24) is 9.13 Å². The van der Waals surface area contributed by atoms with Gasteiger partial charge in [-0.25, -0.2) is 4.85 Å². The first-order valence-electron chi connectivity index (χ1n) is 49.7. The predicted molar refractivity (Wildman–Crippen MR) is 503 cm³/mol. The molecular weight excluding hydrogens is 1460 g/mol. The third-order valence-electron chi connectivity index (χ3n) is 23.4. The van der Waals surface area contributed by atoms with E-state index >= 15 is 0 Å². The first kappa shape index (κ1) is 53.1. The van der Waals surface area contributed by atoms with Crippen LogP contribution in [0.3, 0.4) is 0 Å². The lowest BCUT2D eigenvalue weighted by molar-refractivity contribution is 0.590. The molecule has 2 aliphatic rings. The molecule has 22 rings (SSSR count). The molecule has 0 spiro atoms. The van der Waals surface area contributed by atoms with Gasteiger partial charge in [0.1, 0.15) is 11.2 Å². The van der Waals surface area contributed by atoms with Crippen LogP contribution in [0.2, 0.25) is 0 Å². The maximum absolute atomic E-state index is 12.1. The molecule has 20 aromatic rings. The Hall–Kier alpha value is -15.2. The summed E-state index contributed by atoms with van der Waals surface area (Å²) < 4.78 is 215. The quantitative estimate of drug-likeness (QED) is 0.0956. The summed E-state index contributed by atoms with van der Waals surface area (Å²) in [6.07, 6.45) is 0. The summed E-state index contributed by atoms with van der Waals surface area (Å²) in [6.45, 7) is 19.5. The van der Waals surface area contributed by atoms with Gasteiger partial charge in [0.25, 0.3) is 6.71 Å². The van der Waals surface area contributed by atoms with Crippen LogP contribution in [0.4, 0.5) is 39.8 Å². The lowest BCUT2D eigenvalue weighted by Gasteiger charge is -2.46. The maximum Gasteiger partial charge on any atom is 0.252 e. The molecule has 0 unspecified atom stereocenters. The molecule has 0 saturated carbocycles. The van der Waals surface area contributed by atoms with Crippen molar-refractivity contribution in [3.8, 4) is 95.3 Å². The van der Waals surface area contributed by atoms with Gasteiger partial charge < -0.3 is 23.4 Å². The van der Waals surface area contributed by atoms with Gasteiger partial charge in [-0.1, -0.05) is 290 Å². The van der Waals surface area contributed by atoms with Crippen molar-refractivity contribution < 1.29 is 31.8 Å². The predicted octanol–water partition coefficient (Wildman–Crippen LogP) is 28.5. The zero-order chi connectivity index (χ0) is 98.2. The summed E-state index contributed by atoms with van der Waals surface area (Å²) in [5.41, 5.74) is 7.35. The molecule has 0 atom stereocenters. The molecule has 0 aliphatic carbocycles. The Morgan fingerprint density at radius 2 is 0.758 bits per heavy atom. The summed E-state index contributed by atoms with van der Waals surface area (Å²) in [4.78, 5) is 7.29. The molecule has 2 aliphatic heterocycles. The van der Waals surface area contributed by atoms with Gasteiger partial charge in [0.2, 0.25) is 0 Å². The largest absolute Gasteiger partial charge is 0.456 e. The van der Waals surface area contributed by atoms with Gasteiger partial charge in [-0.2, -0.15) is 5.26 Å². The number of nitriles is 1. The number of para-hydroxylation sites is 3. The fraction of sp³-hybridized carbons (Fsp3) is 0.0714. The van der Waals surface area contributed by atoms with Crippen molar-refractivity contribution in [3.63, 3.8) is 0 Å². The van der Waals surface area contributed by atoms with E-state index in [9.17, 15) is 32.7 Å². The Labute approximate surface area is 726 Å². The van der Waals surface area contributed by atoms with Crippen LogP contribution in [0.15, 0.2) is 374 Å². The molecule has 17 aromatic carbocycles. The number of hydrogen-bond donors (Lipinski definition) is 0. The lowest BCUT2D eigenvalue weighted by atomic mass is 9.33. The zero-order valence-electron chi connectivity index (χ0n) is 85.8. The summed E-state index contributed by atoms with van der Waals surface area (Å²) in [6, 6.07) is 67.2. The monoisotopic (exact) mass is 1550 g/mol. The van der Waals surface area contributed by atoms with Crippen LogP contribution in [0.25, 0.3) is 160 Å². The number of anilines is 6. The number of fused-ring (bicyclic) bond motifs is 13. The van der Waals surface area contributed by atoms with E-state index in [0.29, 0.717) is 83.6 Å². The Kier molecular flexibility index (Phi) is 12.3. The number of benzene rings is 17. The van der Waals surface area contributed by atoms with Gasteiger partial charge in [0.15, 0.2) is 5.69 Å². The molecule has 0 amide bonds. The first-order chi connectivity index (χ1) is 67.1. The molecule has 0 bridgehead atoms. The maximum atomic E-state index is 12.1. The van der Waals surface area contributed by atoms with Gasteiger partial charge in [-0.05, 0) is 220 Å². The third-order valence-corrected chi connectivity index (χ3v) is 23.4. The summed E-state index contributed by atoms with van der Waals surface area (Å²) in [7, 11) is 0. The van der Waals surface area contributed by atoms with Gasteiger partial charge >= 0.3 is 0 Å². The van der Waals surface area contributed by atoms with E-state index in [1.165, 1.54) is 0 Å². The molecule has 566 valence electrons. The Morgan fingerprint density at radius 1 is 0.350 bits per heavy atom. The van der Waals surface area contributed by atoms with Crippen molar-refractivity contribution in [3.05, 3.63) is 398 Å². The van der Waals surface area contributed by atoms with E-state index in [1.54, 1.807) is 0 Å². The van der Waals surface area contributed by atoms with Crippen molar-refractivity contribution in [2.45, 2.75) is 52.4 Å². The van der Waals surface area contributed by atoms with Crippen LogP contribution in [0, 0.1) is 17.9 Å². The number of hydrogen-bond acceptors (Lipinski definition) is 4. The van der Waals surface area contributed by atoms with E-state index in [0.717, 1.165) is 47.9 Å². The average molecular weight is 1560 g/mol. The van der Waals surface area contributed by atoms with Gasteiger partial charge in [-0.3, -0.25) is 0 Å². The molecule has 7 nitrogen and oxygen atoms in total. The number of aromatic nitrogens is 2. The molecule has 0 radical (unpaired) electrons. The molecule has 0 saturated heterocycles. The highest BCUT2D eigenvalue weighted by molar-refractivity contribution is 7.00. The number of furan rings is 1. The molecule has 120 heavy (non-hydrogen) atoms. The van der Waals surface area contributed by atoms with Crippen molar-refractivity contribution >= 4 is 128 Å². The van der Waals surface area contributed by atoms with Gasteiger partial charge in [0.05, 0.1) is 76.3 Å². The second-order valence-corrected chi connectivity index (χ2v) is 32.5. The minimum absolute atomic E-state index is 0.209. The Balaban J connectivity index is 1.01. The van der Waals surface area contributed by atoms with E-state index in [-0.39, 0.29) is 55.4 Å². The van der Waals surface area contributed by atoms with Crippen LogP contribution in [-0.2, 0) is 10.8 Å². The van der Waals surface area contributed by atoms with Crippen molar-refractivity contribution in [1.29, 1.82) is 5.26 Å². The van der Waals surface area contributed by atoms with Crippen molar-refractivity contribution in [2.24, 2.45) is 0 Å². The van der Waals surface area contributed by atoms with Crippen LogP contribution in [-0.4, -0.2) is 15.8 Å². The summed E-state index contributed by atoms with van der Waals surface area (Å²) >= 11 is 0. The van der Waals surface area contributed by atoms with Crippen LogP contribution >= 0.6 is 0 Å². The lowest BCUT2D eigenvalue weighted by Crippen LogP contribution is -2.61. The van der Waals surface area contributed by atoms with Crippen LogP contribution < -0.4 is 26.2 Å². The van der Waals surface area contributed by atoms with Gasteiger partial charge in [0, 0.05) is 86.1 Å². The molecule has 5 heterocycles. The topological polar surface area (TPSA) is 57.6 Å². The molecule has 8 heteroatoms. The average Bonchev–Trinajstić information content (AvgIpc) is 1.59. The normalized spacial score (nSPS) is 14.8. The SMILES string of the molecule is [2H]c1c([2H])c(-n2c3c([2H])c([2H])c([2H])c([2H])c3c3c([2H])c(C#N)c([2H])c([2H])c32)c([2H])c2c1B1c3c(cc(-c4ccc5oc6ccccc6c5c4)cc3N(c3c(-c4ccccc4)cc(-c4ccc(C(C)(C)C)cc4)cc3-c3ccccc3)c3c([2H])c(-n4c5c([2H])c([2H])c([2H])c([2H])c5c5c([2H])c([N+]#[C-])c([2H])c([2H])c54)c([2H])c([2H])c31)N2c1c(-c2ccccc2)cc(-c2ccc(C(C)(C)C)cc2)cc1-c1ccccc1.